The second kappa shape index (κ2) is 4.62. The molecule has 0 aliphatic rings. The highest BCUT2D eigenvalue weighted by molar-refractivity contribution is 7.24. The maximum atomic E-state index is 4.87. The standard InChI is InChI=1S/C16H16NS/c1-3-11-9-10-15-16(12(11)4-2)17-13-7-5-6-8-14(13)18-15/h5-10H,3-4H2,1-2H3/q+1. The minimum Gasteiger partial charge on any atom is -0.237 e. The third-order valence-electron chi connectivity index (χ3n) is 3.39. The van der Waals surface area contributed by atoms with E-state index in [1.807, 2.05) is 11.3 Å². The minimum absolute atomic E-state index is 1.05. The number of benzene rings is 2. The number of hydrogen-bond donors (Lipinski definition) is 0. The molecule has 0 saturated heterocycles. The summed E-state index contributed by atoms with van der Waals surface area (Å²) in [6, 6.07) is 12.9. The smallest absolute Gasteiger partial charge is 0.237 e. The molecule has 0 unspecified atom stereocenters. The van der Waals surface area contributed by atoms with Gasteiger partial charge in [0.05, 0.1) is 0 Å². The fourth-order valence-electron chi connectivity index (χ4n) is 2.46. The molecule has 0 aliphatic carbocycles. The molecule has 0 spiro atoms. The Kier molecular flexibility index (Phi) is 2.96. The highest BCUT2D eigenvalue weighted by Gasteiger charge is 2.16. The summed E-state index contributed by atoms with van der Waals surface area (Å²) in [6.07, 6.45) is 2.14. The minimum atomic E-state index is 1.05. The zero-order valence-corrected chi connectivity index (χ0v) is 11.6. The molecule has 2 heteroatoms. The van der Waals surface area contributed by atoms with Crippen LogP contribution in [0.2, 0.25) is 0 Å². The third-order valence-corrected chi connectivity index (χ3v) is 4.51. The molecule has 90 valence electrons. The number of aromatic nitrogens is 1. The van der Waals surface area contributed by atoms with Gasteiger partial charge < -0.3 is 0 Å². The molecule has 3 aromatic rings. The van der Waals surface area contributed by atoms with Crippen molar-refractivity contribution in [2.45, 2.75) is 26.7 Å². The summed E-state index contributed by atoms with van der Waals surface area (Å²) in [5.41, 5.74) is 5.15. The first kappa shape index (κ1) is 11.5. The zero-order chi connectivity index (χ0) is 12.5. The van der Waals surface area contributed by atoms with E-state index in [0.29, 0.717) is 0 Å². The first-order valence-electron chi connectivity index (χ1n) is 6.46. The predicted octanol–water partition coefficient (Wildman–Crippen LogP) is 4.86. The van der Waals surface area contributed by atoms with E-state index in [9.17, 15) is 0 Å². The van der Waals surface area contributed by atoms with Crippen molar-refractivity contribution in [1.82, 2.24) is 4.98 Å². The number of hydrogen-bond acceptors (Lipinski definition) is 1. The van der Waals surface area contributed by atoms with Crippen LogP contribution in [0.5, 0.6) is 0 Å². The van der Waals surface area contributed by atoms with Gasteiger partial charge in [-0.15, -0.1) is 0 Å². The van der Waals surface area contributed by atoms with Crippen molar-refractivity contribution in [2.75, 3.05) is 0 Å². The Morgan fingerprint density at radius 2 is 1.78 bits per heavy atom. The van der Waals surface area contributed by atoms with Gasteiger partial charge in [-0.2, -0.15) is 0 Å². The summed E-state index contributed by atoms with van der Waals surface area (Å²) >= 11 is 1.84. The highest BCUT2D eigenvalue weighted by Crippen LogP contribution is 2.29. The van der Waals surface area contributed by atoms with E-state index >= 15 is 0 Å². The molecular formula is C16H16NS+. The van der Waals surface area contributed by atoms with E-state index in [1.165, 1.54) is 26.0 Å². The van der Waals surface area contributed by atoms with Crippen molar-refractivity contribution in [2.24, 2.45) is 0 Å². The zero-order valence-electron chi connectivity index (χ0n) is 10.7. The van der Waals surface area contributed by atoms with Crippen LogP contribution in [-0.4, -0.2) is 4.98 Å². The van der Waals surface area contributed by atoms with Gasteiger partial charge in [0.1, 0.15) is 11.0 Å². The van der Waals surface area contributed by atoms with Gasteiger partial charge in [-0.25, -0.2) is 4.98 Å². The van der Waals surface area contributed by atoms with Crippen molar-refractivity contribution >= 4 is 31.8 Å². The number of para-hydroxylation sites is 1. The van der Waals surface area contributed by atoms with Crippen LogP contribution in [0.3, 0.4) is 0 Å². The SMILES string of the molecule is CCc1ccc2[s+]c3ccccc3nc2c1CC. The Balaban J connectivity index is 2.42. The van der Waals surface area contributed by atoms with E-state index in [1.54, 1.807) is 0 Å². The second-order valence-electron chi connectivity index (χ2n) is 4.44. The molecular weight excluding hydrogens is 238 g/mol. The summed E-state index contributed by atoms with van der Waals surface area (Å²) in [5, 5.41) is 0. The van der Waals surface area contributed by atoms with Gasteiger partial charge in [-0.3, -0.25) is 0 Å². The molecule has 0 amide bonds. The summed E-state index contributed by atoms with van der Waals surface area (Å²) in [7, 11) is 0. The Labute approximate surface area is 111 Å². The molecule has 2 aromatic carbocycles. The lowest BCUT2D eigenvalue weighted by molar-refractivity contribution is 1.05. The van der Waals surface area contributed by atoms with Gasteiger partial charge >= 0.3 is 0 Å². The molecule has 3 rings (SSSR count). The molecule has 0 aliphatic heterocycles. The van der Waals surface area contributed by atoms with Crippen LogP contribution in [0.1, 0.15) is 25.0 Å². The van der Waals surface area contributed by atoms with Crippen LogP contribution >= 0.6 is 11.3 Å². The van der Waals surface area contributed by atoms with E-state index in [4.69, 9.17) is 4.98 Å². The van der Waals surface area contributed by atoms with Crippen LogP contribution in [0, 0.1) is 0 Å². The normalized spacial score (nSPS) is 11.2. The topological polar surface area (TPSA) is 12.9 Å². The van der Waals surface area contributed by atoms with E-state index < -0.39 is 0 Å². The Hall–Kier alpha value is -1.54. The van der Waals surface area contributed by atoms with Crippen molar-refractivity contribution in [1.29, 1.82) is 0 Å². The van der Waals surface area contributed by atoms with Crippen LogP contribution in [0.4, 0.5) is 0 Å². The molecule has 1 heterocycles. The molecule has 0 radical (unpaired) electrons. The van der Waals surface area contributed by atoms with Gasteiger partial charge in [0.2, 0.25) is 11.3 Å². The van der Waals surface area contributed by atoms with Crippen molar-refractivity contribution in [3.8, 4) is 0 Å². The lowest BCUT2D eigenvalue weighted by Gasteiger charge is -2.05. The quantitative estimate of drug-likeness (QED) is 0.470. The monoisotopic (exact) mass is 254 g/mol. The second-order valence-corrected chi connectivity index (χ2v) is 5.52. The molecule has 0 saturated carbocycles. The summed E-state index contributed by atoms with van der Waals surface area (Å²) < 4.78 is 2.55. The van der Waals surface area contributed by atoms with E-state index in [-0.39, 0.29) is 0 Å². The van der Waals surface area contributed by atoms with Crippen LogP contribution in [0.25, 0.3) is 20.4 Å². The number of aryl methyl sites for hydroxylation is 2. The Morgan fingerprint density at radius 1 is 0.944 bits per heavy atom. The lowest BCUT2D eigenvalue weighted by Crippen LogP contribution is -1.94. The predicted molar refractivity (Wildman–Crippen MR) is 80.3 cm³/mol. The molecule has 1 nitrogen and oxygen atoms in total. The fraction of sp³-hybridized carbons (Fsp3) is 0.250. The molecule has 0 fully saturated rings. The van der Waals surface area contributed by atoms with Gasteiger partial charge in [-0.1, -0.05) is 32.0 Å². The fourth-order valence-corrected chi connectivity index (χ4v) is 3.47. The third kappa shape index (κ3) is 1.77. The molecule has 0 atom stereocenters. The first-order valence-corrected chi connectivity index (χ1v) is 7.28. The van der Waals surface area contributed by atoms with Crippen LogP contribution < -0.4 is 0 Å². The largest absolute Gasteiger partial charge is 0.257 e. The van der Waals surface area contributed by atoms with Gasteiger partial charge in [0.25, 0.3) is 9.40 Å². The summed E-state index contributed by atoms with van der Waals surface area (Å²) in [6.45, 7) is 4.43. The van der Waals surface area contributed by atoms with E-state index in [2.05, 4.69) is 50.2 Å². The lowest BCUT2D eigenvalue weighted by atomic mass is 10.0. The van der Waals surface area contributed by atoms with Crippen LogP contribution in [-0.2, 0) is 12.8 Å². The van der Waals surface area contributed by atoms with Crippen molar-refractivity contribution in [3.63, 3.8) is 0 Å². The Morgan fingerprint density at radius 3 is 2.56 bits per heavy atom. The van der Waals surface area contributed by atoms with Gasteiger partial charge in [0, 0.05) is 12.1 Å². The highest BCUT2D eigenvalue weighted by atomic mass is 32.1. The number of rotatable bonds is 2. The molecule has 0 bridgehead atoms. The first-order chi connectivity index (χ1) is 8.83. The number of nitrogens with zero attached hydrogens (tertiary/aromatic N) is 1. The molecule has 18 heavy (non-hydrogen) atoms. The van der Waals surface area contributed by atoms with Crippen molar-refractivity contribution < 1.29 is 0 Å². The average Bonchev–Trinajstić information content (AvgIpc) is 2.43. The maximum absolute atomic E-state index is 4.87. The van der Waals surface area contributed by atoms with Gasteiger partial charge in [0.15, 0.2) is 0 Å². The maximum Gasteiger partial charge on any atom is 0.257 e. The van der Waals surface area contributed by atoms with E-state index in [0.717, 1.165) is 18.4 Å². The molecule has 0 N–H and O–H groups in total. The molecule has 1 aromatic heterocycles. The van der Waals surface area contributed by atoms with Crippen molar-refractivity contribution in [3.05, 3.63) is 47.5 Å². The van der Waals surface area contributed by atoms with Crippen LogP contribution in [0.15, 0.2) is 36.4 Å². The number of fused-ring (bicyclic) bond motifs is 2. The summed E-state index contributed by atoms with van der Waals surface area (Å²) in [5.74, 6) is 0. The summed E-state index contributed by atoms with van der Waals surface area (Å²) in [4.78, 5) is 4.87. The Bertz CT molecular complexity index is 719. The average molecular weight is 254 g/mol. The van der Waals surface area contributed by atoms with Gasteiger partial charge in [-0.05, 0) is 30.0 Å².